The van der Waals surface area contributed by atoms with Gasteiger partial charge in [0.2, 0.25) is 0 Å². The van der Waals surface area contributed by atoms with Crippen LogP contribution in [-0.4, -0.2) is 28.5 Å². The molecule has 0 saturated heterocycles. The van der Waals surface area contributed by atoms with E-state index >= 15 is 0 Å². The number of nitrogen functional groups attached to an aromatic ring is 1. The van der Waals surface area contributed by atoms with Crippen LogP contribution in [0.3, 0.4) is 0 Å². The van der Waals surface area contributed by atoms with Gasteiger partial charge in [0.25, 0.3) is 0 Å². The number of anilines is 1. The van der Waals surface area contributed by atoms with Gasteiger partial charge >= 0.3 is 0 Å². The Morgan fingerprint density at radius 3 is 3.06 bits per heavy atom. The molecule has 6 heteroatoms. The van der Waals surface area contributed by atoms with Gasteiger partial charge in [0.05, 0.1) is 6.61 Å². The van der Waals surface area contributed by atoms with Crippen LogP contribution in [0, 0.1) is 0 Å². The van der Waals surface area contributed by atoms with E-state index in [1.165, 1.54) is 0 Å². The summed E-state index contributed by atoms with van der Waals surface area (Å²) in [6, 6.07) is 7.29. The second-order valence-corrected chi connectivity index (χ2v) is 3.79. The van der Waals surface area contributed by atoms with Crippen molar-refractivity contribution in [2.75, 3.05) is 19.5 Å². The van der Waals surface area contributed by atoms with Crippen molar-refractivity contribution >= 4 is 5.69 Å². The molecule has 2 N–H and O–H groups in total. The summed E-state index contributed by atoms with van der Waals surface area (Å²) >= 11 is 0. The molecule has 1 aromatic carbocycles. The topological polar surface area (TPSA) is 75.2 Å². The molecule has 0 aliphatic heterocycles. The van der Waals surface area contributed by atoms with Crippen molar-refractivity contribution in [3.8, 4) is 5.75 Å². The Bertz CT molecular complexity index is 498. The second kappa shape index (κ2) is 6.02. The highest BCUT2D eigenvalue weighted by Gasteiger charge is 2.05. The molecule has 18 heavy (non-hydrogen) atoms. The first kappa shape index (κ1) is 12.4. The first-order chi connectivity index (χ1) is 8.79. The molecule has 0 spiro atoms. The van der Waals surface area contributed by atoms with Gasteiger partial charge in [-0.25, -0.2) is 0 Å². The van der Waals surface area contributed by atoms with Crippen LogP contribution in [0.1, 0.15) is 5.82 Å². The summed E-state index contributed by atoms with van der Waals surface area (Å²) < 4.78 is 12.5. The minimum Gasteiger partial charge on any atom is -0.486 e. The summed E-state index contributed by atoms with van der Waals surface area (Å²) in [5.74, 6) is 1.48. The summed E-state index contributed by atoms with van der Waals surface area (Å²) in [5, 5.41) is 7.87. The fourth-order valence-corrected chi connectivity index (χ4v) is 1.52. The molecule has 0 amide bonds. The van der Waals surface area contributed by atoms with E-state index in [4.69, 9.17) is 15.2 Å². The van der Waals surface area contributed by atoms with E-state index < -0.39 is 0 Å². The number of hydrogen-bond donors (Lipinski definition) is 1. The fourth-order valence-electron chi connectivity index (χ4n) is 1.52. The molecule has 96 valence electrons. The third kappa shape index (κ3) is 3.21. The van der Waals surface area contributed by atoms with Crippen LogP contribution >= 0.6 is 0 Å². The lowest BCUT2D eigenvalue weighted by Crippen LogP contribution is -2.10. The average molecular weight is 248 g/mol. The predicted molar refractivity (Wildman–Crippen MR) is 67.1 cm³/mol. The predicted octanol–water partition coefficient (Wildman–Crippen LogP) is 1.09. The van der Waals surface area contributed by atoms with E-state index in [0.717, 1.165) is 11.6 Å². The zero-order valence-corrected chi connectivity index (χ0v) is 10.2. The summed E-state index contributed by atoms with van der Waals surface area (Å²) in [6.45, 7) is 1.68. The van der Waals surface area contributed by atoms with Crippen LogP contribution in [0.15, 0.2) is 30.6 Å². The number of hydrogen-bond acceptors (Lipinski definition) is 5. The molecule has 2 rings (SSSR count). The Morgan fingerprint density at radius 1 is 1.39 bits per heavy atom. The highest BCUT2D eigenvalue weighted by molar-refractivity contribution is 5.43. The number of nitrogens with two attached hydrogens (primary N) is 1. The van der Waals surface area contributed by atoms with Gasteiger partial charge in [-0.05, 0) is 12.1 Å². The molecule has 0 aliphatic rings. The lowest BCUT2D eigenvalue weighted by Gasteiger charge is -2.08. The molecule has 0 radical (unpaired) electrons. The van der Waals surface area contributed by atoms with Crippen LogP contribution < -0.4 is 10.5 Å². The maximum atomic E-state index is 5.67. The van der Waals surface area contributed by atoms with Gasteiger partial charge < -0.3 is 19.8 Å². The van der Waals surface area contributed by atoms with Gasteiger partial charge in [0.1, 0.15) is 18.7 Å². The first-order valence-corrected chi connectivity index (χ1v) is 5.63. The molecule has 2 aromatic rings. The molecular formula is C12H16N4O2. The van der Waals surface area contributed by atoms with Crippen molar-refractivity contribution in [3.63, 3.8) is 0 Å². The van der Waals surface area contributed by atoms with Crippen LogP contribution in [0.5, 0.6) is 5.75 Å². The Hall–Kier alpha value is -2.08. The molecule has 0 saturated carbocycles. The maximum absolute atomic E-state index is 5.67. The van der Waals surface area contributed by atoms with Crippen molar-refractivity contribution in [3.05, 3.63) is 36.4 Å². The van der Waals surface area contributed by atoms with Gasteiger partial charge in [0.15, 0.2) is 5.82 Å². The van der Waals surface area contributed by atoms with E-state index in [1.54, 1.807) is 19.5 Å². The highest BCUT2D eigenvalue weighted by Crippen LogP contribution is 2.15. The maximum Gasteiger partial charge on any atom is 0.170 e. The van der Waals surface area contributed by atoms with Gasteiger partial charge in [-0.1, -0.05) is 6.07 Å². The van der Waals surface area contributed by atoms with Gasteiger partial charge in [-0.2, -0.15) is 0 Å². The van der Waals surface area contributed by atoms with E-state index in [2.05, 4.69) is 10.2 Å². The standard InChI is InChI=1S/C12H16N4O2/c1-17-6-5-16-9-14-15-12(16)8-18-11-4-2-3-10(13)7-11/h2-4,7,9H,5-6,8,13H2,1H3. The third-order valence-electron chi connectivity index (χ3n) is 2.46. The van der Waals surface area contributed by atoms with E-state index in [-0.39, 0.29) is 0 Å². The van der Waals surface area contributed by atoms with Crippen molar-refractivity contribution in [1.82, 2.24) is 14.8 Å². The van der Waals surface area contributed by atoms with Crippen molar-refractivity contribution in [2.45, 2.75) is 13.2 Å². The number of methoxy groups -OCH3 is 1. The number of aromatic nitrogens is 3. The monoisotopic (exact) mass is 248 g/mol. The quantitative estimate of drug-likeness (QED) is 0.774. The van der Waals surface area contributed by atoms with E-state index in [0.29, 0.717) is 25.4 Å². The lowest BCUT2D eigenvalue weighted by molar-refractivity contribution is 0.183. The number of nitrogens with zero attached hydrogens (tertiary/aromatic N) is 3. The molecule has 0 bridgehead atoms. The van der Waals surface area contributed by atoms with Crippen LogP contribution in [0.4, 0.5) is 5.69 Å². The molecule has 6 nitrogen and oxygen atoms in total. The van der Waals surface area contributed by atoms with Crippen LogP contribution in [0.25, 0.3) is 0 Å². The van der Waals surface area contributed by atoms with Gasteiger partial charge in [-0.3, -0.25) is 0 Å². The van der Waals surface area contributed by atoms with Crippen molar-refractivity contribution in [2.24, 2.45) is 0 Å². The first-order valence-electron chi connectivity index (χ1n) is 5.63. The summed E-state index contributed by atoms with van der Waals surface area (Å²) in [6.07, 6.45) is 1.66. The Morgan fingerprint density at radius 2 is 2.28 bits per heavy atom. The molecule has 0 unspecified atom stereocenters. The number of rotatable bonds is 6. The number of benzene rings is 1. The average Bonchev–Trinajstić information content (AvgIpc) is 2.81. The minimum atomic E-state index is 0.354. The molecule has 0 fully saturated rings. The highest BCUT2D eigenvalue weighted by atomic mass is 16.5. The van der Waals surface area contributed by atoms with E-state index in [1.807, 2.05) is 22.8 Å². The smallest absolute Gasteiger partial charge is 0.170 e. The zero-order valence-electron chi connectivity index (χ0n) is 10.2. The Kier molecular flexibility index (Phi) is 4.14. The SMILES string of the molecule is COCCn1cnnc1COc1cccc(N)c1. The largest absolute Gasteiger partial charge is 0.486 e. The third-order valence-corrected chi connectivity index (χ3v) is 2.46. The number of ether oxygens (including phenoxy) is 2. The summed E-state index contributed by atoms with van der Waals surface area (Å²) in [5.41, 5.74) is 6.35. The zero-order chi connectivity index (χ0) is 12.8. The molecular weight excluding hydrogens is 232 g/mol. The van der Waals surface area contributed by atoms with Gasteiger partial charge in [0, 0.05) is 25.4 Å². The summed E-state index contributed by atoms with van der Waals surface area (Å²) in [4.78, 5) is 0. The Balaban J connectivity index is 1.95. The normalized spacial score (nSPS) is 10.5. The fraction of sp³-hybridized carbons (Fsp3) is 0.333. The van der Waals surface area contributed by atoms with Gasteiger partial charge in [-0.15, -0.1) is 10.2 Å². The molecule has 1 heterocycles. The van der Waals surface area contributed by atoms with Crippen LogP contribution in [0.2, 0.25) is 0 Å². The minimum absolute atomic E-state index is 0.354. The lowest BCUT2D eigenvalue weighted by atomic mass is 10.3. The van der Waals surface area contributed by atoms with Crippen molar-refractivity contribution in [1.29, 1.82) is 0 Å². The van der Waals surface area contributed by atoms with Crippen LogP contribution in [-0.2, 0) is 17.9 Å². The second-order valence-electron chi connectivity index (χ2n) is 3.79. The van der Waals surface area contributed by atoms with Crippen molar-refractivity contribution < 1.29 is 9.47 Å². The molecule has 0 aliphatic carbocycles. The Labute approximate surface area is 105 Å². The molecule has 0 atom stereocenters. The van der Waals surface area contributed by atoms with E-state index in [9.17, 15) is 0 Å². The summed E-state index contributed by atoms with van der Waals surface area (Å²) in [7, 11) is 1.66. The molecule has 1 aromatic heterocycles.